The Morgan fingerprint density at radius 3 is 2.41 bits per heavy atom. The van der Waals surface area contributed by atoms with Crippen LogP contribution in [0.4, 0.5) is 13.2 Å². The smallest absolute Gasteiger partial charge is 0.348 e. The summed E-state index contributed by atoms with van der Waals surface area (Å²) in [5, 5.41) is 9.84. The number of fused-ring (bicyclic) bond motifs is 1. The first-order valence-electron chi connectivity index (χ1n) is 11.4. The molecule has 4 aromatic rings. The third-order valence-electron chi connectivity index (χ3n) is 6.35. The molecule has 1 aliphatic rings. The van der Waals surface area contributed by atoms with Crippen LogP contribution in [0.15, 0.2) is 53.1 Å². The average Bonchev–Trinajstić information content (AvgIpc) is 3.43. The molecule has 5 rings (SSSR count). The number of hydrogen-bond donors (Lipinski definition) is 2. The number of halogens is 4. The standard InChI is InChI=1S/C25H21ClF3N5O3/c1-13(30-22(35)24(11-12-24)32-23(36)25(27,28)29)15-7-9-16(10-8-15)34-18-6-4-3-5-17(18)19(26)20(34)21-31-14(2)37-33-21/h3-10,13H,11-12H2,1-2H3,(H,30,35)(H,32,36). The van der Waals surface area contributed by atoms with Crippen molar-refractivity contribution in [2.45, 2.75) is 44.4 Å². The Morgan fingerprint density at radius 1 is 1.14 bits per heavy atom. The third kappa shape index (κ3) is 4.55. The number of nitrogens with one attached hydrogen (secondary N) is 2. The molecule has 0 radical (unpaired) electrons. The molecule has 37 heavy (non-hydrogen) atoms. The molecule has 192 valence electrons. The Morgan fingerprint density at radius 2 is 1.81 bits per heavy atom. The first-order chi connectivity index (χ1) is 17.5. The maximum atomic E-state index is 12.7. The monoisotopic (exact) mass is 531 g/mol. The summed E-state index contributed by atoms with van der Waals surface area (Å²) < 4.78 is 45.0. The van der Waals surface area contributed by atoms with Crippen molar-refractivity contribution in [2.24, 2.45) is 0 Å². The van der Waals surface area contributed by atoms with E-state index in [-0.39, 0.29) is 12.8 Å². The zero-order chi connectivity index (χ0) is 26.5. The van der Waals surface area contributed by atoms with Gasteiger partial charge in [0.1, 0.15) is 11.2 Å². The van der Waals surface area contributed by atoms with Crippen molar-refractivity contribution in [1.29, 1.82) is 0 Å². The highest BCUT2D eigenvalue weighted by atomic mass is 35.5. The number of carbonyl (C=O) groups is 2. The maximum Gasteiger partial charge on any atom is 0.471 e. The van der Waals surface area contributed by atoms with E-state index in [4.69, 9.17) is 16.1 Å². The van der Waals surface area contributed by atoms with Crippen LogP contribution in [0.2, 0.25) is 5.02 Å². The highest BCUT2D eigenvalue weighted by molar-refractivity contribution is 6.38. The quantitative estimate of drug-likeness (QED) is 0.363. The number of alkyl halides is 3. The molecule has 0 bridgehead atoms. The van der Waals surface area contributed by atoms with Crippen LogP contribution in [0.5, 0.6) is 0 Å². The summed E-state index contributed by atoms with van der Waals surface area (Å²) in [6, 6.07) is 14.3. The zero-order valence-electron chi connectivity index (χ0n) is 19.7. The largest absolute Gasteiger partial charge is 0.471 e. The predicted molar refractivity (Wildman–Crippen MR) is 129 cm³/mol. The Balaban J connectivity index is 1.41. The Kier molecular flexibility index (Phi) is 5.98. The number of para-hydroxylation sites is 1. The third-order valence-corrected chi connectivity index (χ3v) is 6.73. The van der Waals surface area contributed by atoms with Crippen LogP contribution in [0.3, 0.4) is 0 Å². The fourth-order valence-electron chi connectivity index (χ4n) is 4.21. The predicted octanol–water partition coefficient (Wildman–Crippen LogP) is 5.03. The molecule has 0 aliphatic heterocycles. The normalized spacial score (nSPS) is 15.4. The molecule has 1 unspecified atom stereocenters. The minimum atomic E-state index is -5.05. The van der Waals surface area contributed by atoms with Gasteiger partial charge in [0.15, 0.2) is 0 Å². The van der Waals surface area contributed by atoms with Crippen LogP contribution in [0.25, 0.3) is 28.1 Å². The molecule has 2 aromatic carbocycles. The number of amides is 2. The number of carbonyl (C=O) groups excluding carboxylic acids is 2. The van der Waals surface area contributed by atoms with E-state index in [1.165, 1.54) is 0 Å². The number of benzene rings is 2. The van der Waals surface area contributed by atoms with Gasteiger partial charge in [-0.25, -0.2) is 0 Å². The first kappa shape index (κ1) is 24.8. The molecule has 0 spiro atoms. The summed E-state index contributed by atoms with van der Waals surface area (Å²) in [4.78, 5) is 28.4. The second-order valence-electron chi connectivity index (χ2n) is 8.97. The van der Waals surface area contributed by atoms with Crippen LogP contribution in [-0.2, 0) is 9.59 Å². The highest BCUT2D eigenvalue weighted by Gasteiger charge is 2.55. The highest BCUT2D eigenvalue weighted by Crippen LogP contribution is 2.39. The van der Waals surface area contributed by atoms with Crippen LogP contribution in [0.1, 0.15) is 37.3 Å². The van der Waals surface area contributed by atoms with Gasteiger partial charge in [-0.1, -0.05) is 47.1 Å². The molecule has 2 heterocycles. The Hall–Kier alpha value is -3.86. The van der Waals surface area contributed by atoms with E-state index < -0.39 is 29.6 Å². The van der Waals surface area contributed by atoms with E-state index in [1.807, 2.05) is 46.3 Å². The minimum Gasteiger partial charge on any atom is -0.348 e. The van der Waals surface area contributed by atoms with Crippen LogP contribution >= 0.6 is 11.6 Å². The average molecular weight is 532 g/mol. The fraction of sp³-hybridized carbons (Fsp3) is 0.280. The van der Waals surface area contributed by atoms with Gasteiger partial charge in [-0.3, -0.25) is 9.59 Å². The number of aromatic nitrogens is 3. The van der Waals surface area contributed by atoms with Gasteiger partial charge >= 0.3 is 12.1 Å². The van der Waals surface area contributed by atoms with Crippen LogP contribution in [0, 0.1) is 6.92 Å². The Bertz CT molecular complexity index is 1510. The molecule has 0 saturated heterocycles. The molecule has 2 amide bonds. The molecule has 8 nitrogen and oxygen atoms in total. The molecular formula is C25H21ClF3N5O3. The van der Waals surface area contributed by atoms with Gasteiger partial charge in [-0.05, 0) is 43.5 Å². The van der Waals surface area contributed by atoms with E-state index in [2.05, 4.69) is 15.5 Å². The second-order valence-corrected chi connectivity index (χ2v) is 9.35. The van der Waals surface area contributed by atoms with Crippen molar-refractivity contribution < 1.29 is 27.3 Å². The first-order valence-corrected chi connectivity index (χ1v) is 11.8. The maximum absolute atomic E-state index is 12.7. The lowest BCUT2D eigenvalue weighted by Crippen LogP contribution is -2.52. The molecule has 2 aromatic heterocycles. The number of rotatable bonds is 6. The molecule has 1 fully saturated rings. The Labute approximate surface area is 213 Å². The van der Waals surface area contributed by atoms with Crippen molar-refractivity contribution in [3.05, 3.63) is 65.0 Å². The van der Waals surface area contributed by atoms with Crippen molar-refractivity contribution >= 4 is 34.3 Å². The van der Waals surface area contributed by atoms with Gasteiger partial charge in [0, 0.05) is 18.0 Å². The van der Waals surface area contributed by atoms with Gasteiger partial charge in [-0.2, -0.15) is 18.2 Å². The summed E-state index contributed by atoms with van der Waals surface area (Å²) in [7, 11) is 0. The van der Waals surface area contributed by atoms with Gasteiger partial charge < -0.3 is 19.7 Å². The SMILES string of the molecule is Cc1nc(-c2c(Cl)c3ccccc3n2-c2ccc(C(C)NC(=O)C3(NC(=O)C(F)(F)F)CC3)cc2)no1. The number of hydrogen-bond acceptors (Lipinski definition) is 5. The summed E-state index contributed by atoms with van der Waals surface area (Å²) >= 11 is 6.72. The zero-order valence-corrected chi connectivity index (χ0v) is 20.4. The number of nitrogens with zero attached hydrogens (tertiary/aromatic N) is 3. The minimum absolute atomic E-state index is 0.145. The van der Waals surface area contributed by atoms with Crippen LogP contribution in [-0.4, -0.2) is 38.2 Å². The van der Waals surface area contributed by atoms with E-state index in [1.54, 1.807) is 26.0 Å². The molecule has 1 saturated carbocycles. The van der Waals surface area contributed by atoms with Gasteiger partial charge in [0.05, 0.1) is 16.6 Å². The summed E-state index contributed by atoms with van der Waals surface area (Å²) in [5.41, 5.74) is 1.33. The second kappa shape index (κ2) is 8.91. The van der Waals surface area contributed by atoms with Crippen molar-refractivity contribution in [2.75, 3.05) is 0 Å². The molecular weight excluding hydrogens is 511 g/mol. The van der Waals surface area contributed by atoms with Crippen molar-refractivity contribution in [3.8, 4) is 17.2 Å². The fourth-order valence-corrected chi connectivity index (χ4v) is 4.54. The van der Waals surface area contributed by atoms with Crippen molar-refractivity contribution in [3.63, 3.8) is 0 Å². The lowest BCUT2D eigenvalue weighted by atomic mass is 10.1. The molecule has 12 heteroatoms. The van der Waals surface area contributed by atoms with E-state index >= 15 is 0 Å². The summed E-state index contributed by atoms with van der Waals surface area (Å²) in [6.45, 7) is 3.40. The van der Waals surface area contributed by atoms with E-state index in [0.29, 0.717) is 22.4 Å². The van der Waals surface area contributed by atoms with Gasteiger partial charge in [0.2, 0.25) is 17.6 Å². The van der Waals surface area contributed by atoms with E-state index in [0.717, 1.165) is 22.2 Å². The van der Waals surface area contributed by atoms with Crippen LogP contribution < -0.4 is 10.6 Å². The molecule has 2 N–H and O–H groups in total. The van der Waals surface area contributed by atoms with Crippen molar-refractivity contribution in [1.82, 2.24) is 25.3 Å². The van der Waals surface area contributed by atoms with E-state index in [9.17, 15) is 22.8 Å². The van der Waals surface area contributed by atoms with Gasteiger partial charge in [-0.15, -0.1) is 0 Å². The number of aryl methyl sites for hydroxylation is 1. The molecule has 1 aliphatic carbocycles. The summed E-state index contributed by atoms with van der Waals surface area (Å²) in [5.74, 6) is -2.05. The summed E-state index contributed by atoms with van der Waals surface area (Å²) in [6.07, 6.45) is -4.76. The topological polar surface area (TPSA) is 102 Å². The van der Waals surface area contributed by atoms with Gasteiger partial charge in [0.25, 0.3) is 0 Å². The molecule has 1 atom stereocenters. The lowest BCUT2D eigenvalue weighted by molar-refractivity contribution is -0.175. The lowest BCUT2D eigenvalue weighted by Gasteiger charge is -2.22.